The average molecular weight is 444 g/mol. The molecule has 0 bridgehead atoms. The van der Waals surface area contributed by atoms with Crippen molar-refractivity contribution in [3.63, 3.8) is 0 Å². The van der Waals surface area contributed by atoms with Crippen LogP contribution in [0.25, 0.3) is 23.1 Å². The number of benzene rings is 1. The van der Waals surface area contributed by atoms with Crippen LogP contribution in [0, 0.1) is 39.9 Å². The van der Waals surface area contributed by atoms with Gasteiger partial charge in [0.25, 0.3) is 0 Å². The third kappa shape index (κ3) is 4.68. The molecular formula is C29H20N2O3. The normalized spacial score (nSPS) is 14.6. The first kappa shape index (κ1) is 22.4. The fourth-order valence-electron chi connectivity index (χ4n) is 3.39. The summed E-state index contributed by atoms with van der Waals surface area (Å²) in [7, 11) is 0. The summed E-state index contributed by atoms with van der Waals surface area (Å²) in [6, 6.07) is 9.28. The van der Waals surface area contributed by atoms with Crippen molar-refractivity contribution in [1.82, 2.24) is 0 Å². The number of ether oxygens (including phenoxy) is 1. The van der Waals surface area contributed by atoms with Gasteiger partial charge in [0.05, 0.1) is 5.56 Å². The Labute approximate surface area is 197 Å². The van der Waals surface area contributed by atoms with Gasteiger partial charge in [0.1, 0.15) is 34.8 Å². The fourth-order valence-corrected chi connectivity index (χ4v) is 3.39. The fraction of sp³-hybridized carbons (Fsp3) is 0.138. The van der Waals surface area contributed by atoms with Gasteiger partial charge in [-0.2, -0.15) is 10.5 Å². The highest BCUT2D eigenvalue weighted by Gasteiger charge is 2.24. The largest absolute Gasteiger partial charge is 0.461 e. The molecule has 4 rings (SSSR count). The highest BCUT2D eigenvalue weighted by molar-refractivity contribution is 5.84. The minimum Gasteiger partial charge on any atom is -0.461 e. The SMILES string of the molecule is CC(C)(C)C1=CC(=C(C#N)C#N)C=C(C=Cc2cc3cc4c(cc3oc2=O)C#CC=CC=C4)O1. The highest BCUT2D eigenvalue weighted by atomic mass is 16.5. The second-order valence-corrected chi connectivity index (χ2v) is 8.75. The summed E-state index contributed by atoms with van der Waals surface area (Å²) < 4.78 is 11.5. The predicted molar refractivity (Wildman–Crippen MR) is 132 cm³/mol. The molecule has 1 aromatic carbocycles. The molecule has 34 heavy (non-hydrogen) atoms. The zero-order valence-corrected chi connectivity index (χ0v) is 19.0. The maximum atomic E-state index is 12.6. The van der Waals surface area contributed by atoms with Gasteiger partial charge in [-0.15, -0.1) is 0 Å². The molecule has 5 heteroatoms. The van der Waals surface area contributed by atoms with Gasteiger partial charge in [0.15, 0.2) is 0 Å². The van der Waals surface area contributed by atoms with Crippen LogP contribution < -0.4 is 5.63 Å². The molecule has 1 aromatic heterocycles. The van der Waals surface area contributed by atoms with E-state index in [1.54, 1.807) is 42.5 Å². The summed E-state index contributed by atoms with van der Waals surface area (Å²) in [5.41, 5.74) is 2.13. The number of nitrogens with zero attached hydrogens (tertiary/aromatic N) is 2. The van der Waals surface area contributed by atoms with Crippen molar-refractivity contribution in [3.8, 4) is 24.0 Å². The molecule has 2 aromatic rings. The molecule has 0 N–H and O–H groups in total. The molecule has 0 radical (unpaired) electrons. The Balaban J connectivity index is 1.75. The monoisotopic (exact) mass is 444 g/mol. The van der Waals surface area contributed by atoms with E-state index in [2.05, 4.69) is 11.8 Å². The van der Waals surface area contributed by atoms with Gasteiger partial charge >= 0.3 is 5.63 Å². The van der Waals surface area contributed by atoms with E-state index in [-0.39, 0.29) is 11.0 Å². The van der Waals surface area contributed by atoms with E-state index >= 15 is 0 Å². The second-order valence-electron chi connectivity index (χ2n) is 8.75. The molecule has 0 unspecified atom stereocenters. The van der Waals surface area contributed by atoms with E-state index in [0.717, 1.165) is 16.5 Å². The maximum absolute atomic E-state index is 12.6. The minimum atomic E-state index is -0.494. The molecule has 0 atom stereocenters. The van der Waals surface area contributed by atoms with E-state index in [0.29, 0.717) is 28.2 Å². The molecule has 2 aliphatic rings. The van der Waals surface area contributed by atoms with Crippen molar-refractivity contribution >= 4 is 23.1 Å². The Morgan fingerprint density at radius 3 is 2.59 bits per heavy atom. The zero-order chi connectivity index (χ0) is 24.3. The lowest BCUT2D eigenvalue weighted by Crippen LogP contribution is -2.15. The third-order valence-electron chi connectivity index (χ3n) is 5.20. The average Bonchev–Trinajstić information content (AvgIpc) is 2.78. The smallest absolute Gasteiger partial charge is 0.343 e. The second kappa shape index (κ2) is 8.99. The van der Waals surface area contributed by atoms with Gasteiger partial charge in [-0.05, 0) is 54.1 Å². The standard InChI is InChI=1S/C29H20N2O3/c1-29(2,3)27-16-22(24(17-30)18-31)14-25(33-27)11-10-21-13-23-12-19-8-6-4-5-7-9-20(19)15-26(23)34-28(21)32/h4-6,8,10-16H,1-3H3. The van der Waals surface area contributed by atoms with E-state index in [4.69, 9.17) is 9.15 Å². The summed E-state index contributed by atoms with van der Waals surface area (Å²) in [5.74, 6) is 7.02. The van der Waals surface area contributed by atoms with Crippen LogP contribution in [0.2, 0.25) is 0 Å². The predicted octanol–water partition coefficient (Wildman–Crippen LogP) is 5.93. The third-order valence-corrected chi connectivity index (χ3v) is 5.20. The summed E-state index contributed by atoms with van der Waals surface area (Å²) in [5, 5.41) is 19.4. The van der Waals surface area contributed by atoms with Crippen molar-refractivity contribution in [2.45, 2.75) is 20.8 Å². The van der Waals surface area contributed by atoms with Crippen LogP contribution in [0.4, 0.5) is 0 Å². The van der Waals surface area contributed by atoms with Crippen LogP contribution in [0.15, 0.2) is 86.5 Å². The van der Waals surface area contributed by atoms with Crippen LogP contribution in [0.5, 0.6) is 0 Å². The molecule has 0 fully saturated rings. The first-order valence-electron chi connectivity index (χ1n) is 10.6. The Bertz CT molecular complexity index is 1570. The number of hydrogen-bond donors (Lipinski definition) is 0. The molecule has 2 heterocycles. The Morgan fingerprint density at radius 1 is 1.06 bits per heavy atom. The number of nitriles is 2. The Hall–Kier alpha value is -4.79. The van der Waals surface area contributed by atoms with Crippen molar-refractivity contribution in [2.75, 3.05) is 0 Å². The van der Waals surface area contributed by atoms with Gasteiger partial charge in [-0.3, -0.25) is 0 Å². The van der Waals surface area contributed by atoms with E-state index < -0.39 is 5.63 Å². The maximum Gasteiger partial charge on any atom is 0.343 e. The number of hydrogen-bond acceptors (Lipinski definition) is 5. The highest BCUT2D eigenvalue weighted by Crippen LogP contribution is 2.34. The van der Waals surface area contributed by atoms with E-state index in [1.807, 2.05) is 57.2 Å². The lowest BCUT2D eigenvalue weighted by Gasteiger charge is -2.26. The molecule has 0 spiro atoms. The van der Waals surface area contributed by atoms with Crippen LogP contribution in [-0.4, -0.2) is 0 Å². The van der Waals surface area contributed by atoms with Gasteiger partial charge in [-0.1, -0.05) is 50.8 Å². The number of rotatable bonds is 2. The first-order valence-corrected chi connectivity index (χ1v) is 10.6. The van der Waals surface area contributed by atoms with Crippen molar-refractivity contribution in [2.24, 2.45) is 5.41 Å². The van der Waals surface area contributed by atoms with Crippen LogP contribution in [0.1, 0.15) is 37.5 Å². The molecule has 0 saturated heterocycles. The Kier molecular flexibility index (Phi) is 5.92. The Morgan fingerprint density at radius 2 is 1.85 bits per heavy atom. The first-order chi connectivity index (χ1) is 16.3. The summed E-state index contributed by atoms with van der Waals surface area (Å²) in [6.07, 6.45) is 14.0. The molecule has 1 aliphatic heterocycles. The van der Waals surface area contributed by atoms with Gasteiger partial charge in [0.2, 0.25) is 0 Å². The van der Waals surface area contributed by atoms with Gasteiger partial charge in [0, 0.05) is 21.9 Å². The molecule has 1 aliphatic carbocycles. The van der Waals surface area contributed by atoms with E-state index in [1.165, 1.54) is 0 Å². The van der Waals surface area contributed by atoms with Gasteiger partial charge in [-0.25, -0.2) is 4.79 Å². The topological polar surface area (TPSA) is 87.0 Å². The molecule has 164 valence electrons. The van der Waals surface area contributed by atoms with Crippen LogP contribution in [0.3, 0.4) is 0 Å². The van der Waals surface area contributed by atoms with Gasteiger partial charge < -0.3 is 9.15 Å². The summed E-state index contributed by atoms with van der Waals surface area (Å²) in [4.78, 5) is 12.6. The number of allylic oxidation sites excluding steroid dienone is 9. The van der Waals surface area contributed by atoms with Crippen LogP contribution >= 0.6 is 0 Å². The quantitative estimate of drug-likeness (QED) is 0.326. The van der Waals surface area contributed by atoms with Crippen molar-refractivity contribution in [1.29, 1.82) is 10.5 Å². The zero-order valence-electron chi connectivity index (χ0n) is 19.0. The van der Waals surface area contributed by atoms with Crippen molar-refractivity contribution in [3.05, 3.63) is 104 Å². The lowest BCUT2D eigenvalue weighted by molar-refractivity contribution is 0.223. The van der Waals surface area contributed by atoms with Crippen molar-refractivity contribution < 1.29 is 9.15 Å². The van der Waals surface area contributed by atoms with Crippen LogP contribution in [-0.2, 0) is 4.74 Å². The molecular weight excluding hydrogens is 424 g/mol. The van der Waals surface area contributed by atoms with E-state index in [9.17, 15) is 15.3 Å². The lowest BCUT2D eigenvalue weighted by atomic mass is 9.90. The molecule has 0 amide bonds. The summed E-state index contributed by atoms with van der Waals surface area (Å²) in [6.45, 7) is 5.91. The summed E-state index contributed by atoms with van der Waals surface area (Å²) >= 11 is 0. The molecule has 0 saturated carbocycles. The number of fused-ring (bicyclic) bond motifs is 2. The minimum absolute atomic E-state index is 0.0105. The molecule has 5 nitrogen and oxygen atoms in total.